The van der Waals surface area contributed by atoms with Crippen LogP contribution < -0.4 is 30.6 Å². The lowest BCUT2D eigenvalue weighted by molar-refractivity contribution is -0.282. The van der Waals surface area contributed by atoms with Gasteiger partial charge in [-0.1, -0.05) is 19.1 Å². The fraction of sp³-hybridized carbons (Fsp3) is 0.519. The van der Waals surface area contributed by atoms with Gasteiger partial charge in [-0.3, -0.25) is 28.8 Å². The molecule has 1 aliphatic carbocycles. The number of nitrogens with one attached hydrogen (secondary N) is 2. The zero-order valence-electron chi connectivity index (χ0n) is 42.0. The van der Waals surface area contributed by atoms with E-state index >= 15 is 0 Å². The summed E-state index contributed by atoms with van der Waals surface area (Å²) in [6, 6.07) is 13.1. The van der Waals surface area contributed by atoms with Crippen molar-refractivity contribution in [2.24, 2.45) is 11.7 Å². The average Bonchev–Trinajstić information content (AvgIpc) is 3.89. The van der Waals surface area contributed by atoms with Crippen LogP contribution in [0.15, 0.2) is 54.6 Å². The number of thioether (sulfide) groups is 1. The molecule has 0 aromatic heterocycles. The van der Waals surface area contributed by atoms with E-state index in [0.717, 1.165) is 11.8 Å². The van der Waals surface area contributed by atoms with Gasteiger partial charge in [-0.2, -0.15) is 0 Å². The van der Waals surface area contributed by atoms with Gasteiger partial charge in [-0.15, -0.1) is 11.8 Å². The number of hydrogen-bond donors (Lipinski definition) is 5. The van der Waals surface area contributed by atoms with Crippen LogP contribution in [0.5, 0.6) is 23.0 Å². The molecule has 1 saturated carbocycles. The fourth-order valence-electron chi connectivity index (χ4n) is 9.11. The van der Waals surface area contributed by atoms with Gasteiger partial charge in [0.1, 0.15) is 47.4 Å². The standard InChI is InChI=1S/C52H63N3O19S/c1-28-42(73-51(65-4)48(62)46(28)60)25-69-26-44(59)54-13-5-15-66-17-19-68-20-18-67-16-6-14-55-49(63)38(53)27-75-43-24-39(58)45(47(43)61)31-7-10-35-34(21-31)50(64)74-52(35)36-11-8-32(70-29(2)56)22-40(36)72-41-23-33(71-30(3)57)9-12-37(41)52/h7-12,21-23,28,38,42-43,45-46,48,51,60,62H,5-6,13-20,24-27,53H2,1-4H3,(H,54,59)(H,55,63)/t28-,38?,42?,43?,45?,46+,48?,51-/m1/s1. The molecule has 22 nitrogen and oxygen atoms in total. The number of hydrogen-bond acceptors (Lipinski definition) is 21. The Labute approximate surface area is 436 Å². The lowest BCUT2D eigenvalue weighted by Crippen LogP contribution is -2.55. The summed E-state index contributed by atoms with van der Waals surface area (Å²) in [6.45, 7) is 6.97. The van der Waals surface area contributed by atoms with Gasteiger partial charge in [0.25, 0.3) is 0 Å². The predicted octanol–water partition coefficient (Wildman–Crippen LogP) is 1.97. The van der Waals surface area contributed by atoms with Crippen LogP contribution in [-0.2, 0) is 67.5 Å². The summed E-state index contributed by atoms with van der Waals surface area (Å²) in [4.78, 5) is 89.5. The Morgan fingerprint density at radius 1 is 0.787 bits per heavy atom. The SMILES string of the molecule is CO[C@@H]1OC(COCC(=O)NCCCOCCOCCOCCCNC(=O)C(N)CSC2CC(=O)C(c3ccc4c(c3)C(=O)OC43c4ccc(OC(C)=O)cc4Oc4cc(OC(C)=O)ccc43)C2=O)[C@@H](C)[C@H](O)C1O. The lowest BCUT2D eigenvalue weighted by atomic mass is 9.77. The zero-order valence-corrected chi connectivity index (χ0v) is 42.9. The maximum Gasteiger partial charge on any atom is 0.340 e. The minimum absolute atomic E-state index is 0.0536. The van der Waals surface area contributed by atoms with Gasteiger partial charge in [-0.05, 0) is 48.7 Å². The third-order valence-electron chi connectivity index (χ3n) is 12.9. The fourth-order valence-corrected chi connectivity index (χ4v) is 10.3. The molecule has 6 N–H and O–H groups in total. The number of ketones is 2. The molecule has 0 bridgehead atoms. The molecule has 1 saturated heterocycles. The summed E-state index contributed by atoms with van der Waals surface area (Å²) >= 11 is 1.13. The van der Waals surface area contributed by atoms with Gasteiger partial charge in [-0.25, -0.2) is 4.79 Å². The van der Waals surface area contributed by atoms with Gasteiger partial charge >= 0.3 is 17.9 Å². The quantitative estimate of drug-likeness (QED) is 0.0332. The number of Topliss-reactive ketones (excluding diaryl/α,β-unsaturated/α-hetero) is 2. The molecule has 75 heavy (non-hydrogen) atoms. The monoisotopic (exact) mass is 1070 g/mol. The van der Waals surface area contributed by atoms with E-state index in [1.165, 1.54) is 39.2 Å². The van der Waals surface area contributed by atoms with Crippen LogP contribution in [0.1, 0.15) is 78.6 Å². The van der Waals surface area contributed by atoms with Crippen molar-refractivity contribution in [3.05, 3.63) is 82.4 Å². The minimum atomic E-state index is -1.56. The van der Waals surface area contributed by atoms with E-state index in [1.807, 2.05) is 0 Å². The Morgan fingerprint density at radius 2 is 1.37 bits per heavy atom. The number of benzene rings is 3. The molecule has 23 heteroatoms. The topological polar surface area (TPSA) is 302 Å². The first-order valence-corrected chi connectivity index (χ1v) is 25.6. The second-order valence-electron chi connectivity index (χ2n) is 18.2. The van der Waals surface area contributed by atoms with E-state index in [2.05, 4.69) is 10.6 Å². The van der Waals surface area contributed by atoms with Crippen molar-refractivity contribution in [1.82, 2.24) is 10.6 Å². The van der Waals surface area contributed by atoms with E-state index in [-0.39, 0.29) is 71.4 Å². The molecule has 3 aliphatic heterocycles. The van der Waals surface area contributed by atoms with E-state index < -0.39 is 77.1 Å². The Morgan fingerprint density at radius 3 is 1.97 bits per heavy atom. The molecule has 4 aliphatic rings. The molecule has 5 unspecified atom stereocenters. The number of aliphatic hydroxyl groups is 2. The van der Waals surface area contributed by atoms with Crippen molar-refractivity contribution in [2.75, 3.05) is 78.8 Å². The van der Waals surface area contributed by atoms with E-state index in [9.17, 15) is 43.8 Å². The number of carbonyl (C=O) groups excluding carboxylic acids is 7. The van der Waals surface area contributed by atoms with Crippen LogP contribution in [-0.4, -0.2) is 166 Å². The molecule has 2 amide bonds. The Balaban J connectivity index is 0.770. The van der Waals surface area contributed by atoms with Crippen LogP contribution in [0.4, 0.5) is 0 Å². The first kappa shape index (κ1) is 56.9. The van der Waals surface area contributed by atoms with Crippen LogP contribution in [0.3, 0.4) is 0 Å². The number of nitrogens with two attached hydrogens (primary N) is 1. The molecule has 7 rings (SSSR count). The van der Waals surface area contributed by atoms with Crippen LogP contribution >= 0.6 is 11.8 Å². The maximum atomic E-state index is 13.8. The Bertz CT molecular complexity index is 2510. The lowest BCUT2D eigenvalue weighted by Gasteiger charge is -2.40. The van der Waals surface area contributed by atoms with E-state index in [4.69, 9.17) is 53.1 Å². The highest BCUT2D eigenvalue weighted by atomic mass is 32.2. The van der Waals surface area contributed by atoms with Crippen molar-refractivity contribution in [2.45, 2.75) is 87.4 Å². The molecule has 0 radical (unpaired) electrons. The normalized spacial score (nSPS) is 22.6. The summed E-state index contributed by atoms with van der Waals surface area (Å²) in [6.07, 6.45) is -2.70. The number of ether oxygens (including phenoxy) is 10. The second kappa shape index (κ2) is 26.3. The number of methoxy groups -OCH3 is 1. The summed E-state index contributed by atoms with van der Waals surface area (Å²) in [5.74, 6) is -3.97. The number of aliphatic hydroxyl groups excluding tert-OH is 2. The molecule has 8 atom stereocenters. The molecule has 2 fully saturated rings. The predicted molar refractivity (Wildman–Crippen MR) is 264 cm³/mol. The Hall–Kier alpha value is -5.86. The first-order chi connectivity index (χ1) is 36.0. The third-order valence-corrected chi connectivity index (χ3v) is 14.2. The first-order valence-electron chi connectivity index (χ1n) is 24.6. The molecule has 406 valence electrons. The summed E-state index contributed by atoms with van der Waals surface area (Å²) in [5.41, 5.74) is 6.30. The number of fused-ring (bicyclic) bond motifs is 6. The molecule has 1 spiro atoms. The van der Waals surface area contributed by atoms with Crippen molar-refractivity contribution < 1.29 is 91.1 Å². The van der Waals surface area contributed by atoms with Crippen molar-refractivity contribution in [3.8, 4) is 23.0 Å². The number of esters is 3. The van der Waals surface area contributed by atoms with Gasteiger partial charge in [0.05, 0.1) is 62.1 Å². The second-order valence-corrected chi connectivity index (χ2v) is 19.5. The average molecular weight is 1070 g/mol. The van der Waals surface area contributed by atoms with Crippen molar-refractivity contribution in [3.63, 3.8) is 0 Å². The van der Waals surface area contributed by atoms with Crippen LogP contribution in [0, 0.1) is 5.92 Å². The largest absolute Gasteiger partial charge is 0.456 e. The molecule has 3 aromatic carbocycles. The highest BCUT2D eigenvalue weighted by Crippen LogP contribution is 2.57. The maximum absolute atomic E-state index is 13.8. The highest BCUT2D eigenvalue weighted by Gasteiger charge is 2.54. The molecule has 3 aromatic rings. The van der Waals surface area contributed by atoms with Crippen LogP contribution in [0.25, 0.3) is 0 Å². The molecular formula is C52H63N3O19S. The minimum Gasteiger partial charge on any atom is -0.456 e. The molecule has 3 heterocycles. The van der Waals surface area contributed by atoms with Gasteiger partial charge in [0.2, 0.25) is 11.8 Å². The summed E-state index contributed by atoms with van der Waals surface area (Å²) < 4.78 is 55.8. The molecular weight excluding hydrogens is 1000 g/mol. The van der Waals surface area contributed by atoms with Crippen molar-refractivity contribution >= 4 is 53.1 Å². The summed E-state index contributed by atoms with van der Waals surface area (Å²) in [5, 5.41) is 24.9. The third kappa shape index (κ3) is 13.8. The summed E-state index contributed by atoms with van der Waals surface area (Å²) in [7, 11) is 1.37. The number of rotatable bonds is 26. The number of carbonyl (C=O) groups is 7. The van der Waals surface area contributed by atoms with Gasteiger partial charge in [0, 0.05) is 94.2 Å². The number of amides is 2. The van der Waals surface area contributed by atoms with Gasteiger partial charge < -0.3 is 73.9 Å². The Kier molecular flexibility index (Phi) is 19.9. The van der Waals surface area contributed by atoms with E-state index in [0.29, 0.717) is 87.8 Å². The van der Waals surface area contributed by atoms with E-state index in [1.54, 1.807) is 43.3 Å². The zero-order chi connectivity index (χ0) is 53.8. The van der Waals surface area contributed by atoms with Crippen LogP contribution in [0.2, 0.25) is 0 Å². The smallest absolute Gasteiger partial charge is 0.340 e. The van der Waals surface area contributed by atoms with Crippen molar-refractivity contribution in [1.29, 1.82) is 0 Å². The van der Waals surface area contributed by atoms with Gasteiger partial charge in [0.15, 0.2) is 17.7 Å². The highest BCUT2D eigenvalue weighted by molar-refractivity contribution is 8.00.